The first kappa shape index (κ1) is 21.4. The molecule has 1 aliphatic heterocycles. The zero-order chi connectivity index (χ0) is 21.8. The van der Waals surface area contributed by atoms with Gasteiger partial charge in [-0.15, -0.1) is 0 Å². The number of allylic oxidation sites excluding steroid dienone is 2. The van der Waals surface area contributed by atoms with Crippen molar-refractivity contribution in [1.29, 1.82) is 0 Å². The number of hydrogen-bond donors (Lipinski definition) is 3. The highest BCUT2D eigenvalue weighted by Crippen LogP contribution is 2.34. The lowest BCUT2D eigenvalue weighted by atomic mass is 10.1. The molecule has 6 heteroatoms. The van der Waals surface area contributed by atoms with Crippen molar-refractivity contribution in [3.05, 3.63) is 53.4 Å². The van der Waals surface area contributed by atoms with Crippen LogP contribution in [0, 0.1) is 6.92 Å². The average molecular weight is 420 g/mol. The largest absolute Gasteiger partial charge is 0.384 e. The Hall–Kier alpha value is -2.83. The van der Waals surface area contributed by atoms with E-state index in [1.54, 1.807) is 0 Å². The van der Waals surface area contributed by atoms with Crippen LogP contribution in [0.5, 0.6) is 0 Å². The highest BCUT2D eigenvalue weighted by atomic mass is 16.5. The number of ether oxygens (including phenoxy) is 1. The van der Waals surface area contributed by atoms with Crippen LogP contribution in [0.4, 0.5) is 11.5 Å². The maximum Gasteiger partial charge on any atom is 0.124 e. The number of rotatable bonds is 7. The molecule has 0 spiro atoms. The van der Waals surface area contributed by atoms with Crippen LogP contribution in [-0.2, 0) is 11.3 Å². The summed E-state index contributed by atoms with van der Waals surface area (Å²) in [5.41, 5.74) is 13.7. The number of anilines is 2. The minimum atomic E-state index is 0.528. The summed E-state index contributed by atoms with van der Waals surface area (Å²) in [5.74, 6) is 0.528. The standard InChI is InChI=1S/C25H33N5O/c1-4-5-6-17(2)27-25-18(3)28-24(26)15-21(25)23-14-20-13-19(7-8-22(20)29-23)16-30-9-11-31-12-10-30/h6-8,13-15,27,29H,4-5,9-12,16H2,1-3H3,(H2,26,28)/b17-6-. The van der Waals surface area contributed by atoms with Gasteiger partial charge in [0.05, 0.1) is 24.6 Å². The number of morpholine rings is 1. The number of aryl methyl sites for hydroxylation is 1. The molecule has 0 saturated carbocycles. The molecule has 0 aliphatic carbocycles. The Bertz CT molecular complexity index is 1080. The monoisotopic (exact) mass is 419 g/mol. The molecule has 0 radical (unpaired) electrons. The number of pyridine rings is 1. The highest BCUT2D eigenvalue weighted by molar-refractivity contribution is 5.90. The molecule has 4 rings (SSSR count). The van der Waals surface area contributed by atoms with Crippen molar-refractivity contribution >= 4 is 22.4 Å². The van der Waals surface area contributed by atoms with E-state index in [-0.39, 0.29) is 0 Å². The number of aromatic amines is 1. The molecule has 0 bridgehead atoms. The first-order valence-corrected chi connectivity index (χ1v) is 11.2. The summed E-state index contributed by atoms with van der Waals surface area (Å²) in [6.07, 6.45) is 4.40. The van der Waals surface area contributed by atoms with Crippen molar-refractivity contribution in [2.45, 2.75) is 40.2 Å². The van der Waals surface area contributed by atoms with Crippen molar-refractivity contribution < 1.29 is 4.74 Å². The van der Waals surface area contributed by atoms with Crippen LogP contribution in [-0.4, -0.2) is 41.2 Å². The number of nitrogens with two attached hydrogens (primary N) is 1. The van der Waals surface area contributed by atoms with E-state index in [1.165, 1.54) is 10.9 Å². The summed E-state index contributed by atoms with van der Waals surface area (Å²) in [7, 11) is 0. The molecule has 3 heterocycles. The highest BCUT2D eigenvalue weighted by Gasteiger charge is 2.15. The second-order valence-corrected chi connectivity index (χ2v) is 8.35. The van der Waals surface area contributed by atoms with Gasteiger partial charge in [0.2, 0.25) is 0 Å². The van der Waals surface area contributed by atoms with Gasteiger partial charge in [0, 0.05) is 47.5 Å². The summed E-state index contributed by atoms with van der Waals surface area (Å²) >= 11 is 0. The number of nitrogen functional groups attached to an aromatic ring is 1. The smallest absolute Gasteiger partial charge is 0.124 e. The quantitative estimate of drug-likeness (QED) is 0.498. The molecule has 2 aromatic heterocycles. The predicted octanol–water partition coefficient (Wildman–Crippen LogP) is 5.07. The van der Waals surface area contributed by atoms with Crippen LogP contribution >= 0.6 is 0 Å². The SMILES string of the molecule is CCC/C=C(/C)Nc1c(-c2cc3cc(CN4CCOCC4)ccc3[nH]2)cc(N)nc1C. The maximum atomic E-state index is 6.12. The average Bonchev–Trinajstić information content (AvgIpc) is 3.18. The fourth-order valence-electron chi connectivity index (χ4n) is 4.12. The van der Waals surface area contributed by atoms with Crippen LogP contribution in [0.1, 0.15) is 37.9 Å². The van der Waals surface area contributed by atoms with Crippen molar-refractivity contribution in [3.8, 4) is 11.3 Å². The normalized spacial score (nSPS) is 15.5. The lowest BCUT2D eigenvalue weighted by molar-refractivity contribution is 0.0342. The van der Waals surface area contributed by atoms with Crippen molar-refractivity contribution in [2.75, 3.05) is 37.4 Å². The van der Waals surface area contributed by atoms with Gasteiger partial charge < -0.3 is 20.8 Å². The van der Waals surface area contributed by atoms with Gasteiger partial charge in [-0.2, -0.15) is 0 Å². The lowest BCUT2D eigenvalue weighted by Crippen LogP contribution is -2.35. The molecular weight excluding hydrogens is 386 g/mol. The molecule has 1 saturated heterocycles. The second-order valence-electron chi connectivity index (χ2n) is 8.35. The third-order valence-electron chi connectivity index (χ3n) is 5.77. The van der Waals surface area contributed by atoms with Crippen LogP contribution in [0.25, 0.3) is 22.2 Å². The summed E-state index contributed by atoms with van der Waals surface area (Å²) < 4.78 is 5.47. The minimum absolute atomic E-state index is 0.528. The second kappa shape index (κ2) is 9.54. The summed E-state index contributed by atoms with van der Waals surface area (Å²) in [6, 6.07) is 10.8. The Morgan fingerprint density at radius 3 is 2.84 bits per heavy atom. The number of nitrogens with zero attached hydrogens (tertiary/aromatic N) is 2. The van der Waals surface area contributed by atoms with E-state index in [4.69, 9.17) is 10.5 Å². The molecular formula is C25H33N5O. The Labute approximate surface area is 184 Å². The van der Waals surface area contributed by atoms with Gasteiger partial charge in [0.25, 0.3) is 0 Å². The van der Waals surface area contributed by atoms with Crippen LogP contribution in [0.15, 0.2) is 42.1 Å². The zero-order valence-corrected chi connectivity index (χ0v) is 18.8. The van der Waals surface area contributed by atoms with Gasteiger partial charge in [-0.05, 0) is 50.1 Å². The number of benzene rings is 1. The predicted molar refractivity (Wildman–Crippen MR) is 129 cm³/mol. The number of nitrogens with one attached hydrogen (secondary N) is 2. The van der Waals surface area contributed by atoms with Crippen LogP contribution in [0.2, 0.25) is 0 Å². The third-order valence-corrected chi connectivity index (χ3v) is 5.77. The first-order chi connectivity index (χ1) is 15.0. The van der Waals surface area contributed by atoms with Gasteiger partial charge in [-0.1, -0.05) is 25.5 Å². The van der Waals surface area contributed by atoms with Gasteiger partial charge in [0.15, 0.2) is 0 Å². The Morgan fingerprint density at radius 1 is 1.26 bits per heavy atom. The van der Waals surface area contributed by atoms with Crippen LogP contribution < -0.4 is 11.1 Å². The molecule has 164 valence electrons. The number of hydrogen-bond acceptors (Lipinski definition) is 5. The Morgan fingerprint density at radius 2 is 2.06 bits per heavy atom. The molecule has 6 nitrogen and oxygen atoms in total. The molecule has 0 amide bonds. The van der Waals surface area contributed by atoms with Gasteiger partial charge in [0.1, 0.15) is 5.82 Å². The fourth-order valence-corrected chi connectivity index (χ4v) is 4.12. The maximum absolute atomic E-state index is 6.12. The number of fused-ring (bicyclic) bond motifs is 1. The number of unbranched alkanes of at least 4 members (excludes halogenated alkanes) is 1. The summed E-state index contributed by atoms with van der Waals surface area (Å²) in [6.45, 7) is 10.9. The molecule has 4 N–H and O–H groups in total. The zero-order valence-electron chi connectivity index (χ0n) is 18.8. The molecule has 1 fully saturated rings. The van der Waals surface area contributed by atoms with E-state index in [0.29, 0.717) is 5.82 Å². The Kier molecular flexibility index (Phi) is 6.59. The van der Waals surface area contributed by atoms with E-state index in [2.05, 4.69) is 64.4 Å². The number of H-pyrrole nitrogens is 1. The number of aromatic nitrogens is 2. The third kappa shape index (κ3) is 5.09. The lowest BCUT2D eigenvalue weighted by Gasteiger charge is -2.26. The van der Waals surface area contributed by atoms with E-state index in [9.17, 15) is 0 Å². The van der Waals surface area contributed by atoms with Gasteiger partial charge in [-0.3, -0.25) is 4.90 Å². The summed E-state index contributed by atoms with van der Waals surface area (Å²) in [4.78, 5) is 10.5. The van der Waals surface area contributed by atoms with Crippen molar-refractivity contribution in [2.24, 2.45) is 0 Å². The topological polar surface area (TPSA) is 79.2 Å². The van der Waals surface area contributed by atoms with Gasteiger partial charge >= 0.3 is 0 Å². The molecule has 1 aliphatic rings. The first-order valence-electron chi connectivity index (χ1n) is 11.2. The Balaban J connectivity index is 1.66. The molecule has 0 atom stereocenters. The van der Waals surface area contributed by atoms with E-state index in [0.717, 1.165) is 79.5 Å². The molecule has 0 unspecified atom stereocenters. The van der Waals surface area contributed by atoms with E-state index >= 15 is 0 Å². The minimum Gasteiger partial charge on any atom is -0.384 e. The van der Waals surface area contributed by atoms with Crippen LogP contribution in [0.3, 0.4) is 0 Å². The van der Waals surface area contributed by atoms with Crippen molar-refractivity contribution in [1.82, 2.24) is 14.9 Å². The molecule has 31 heavy (non-hydrogen) atoms. The fraction of sp³-hybridized carbons (Fsp3) is 0.400. The van der Waals surface area contributed by atoms with Gasteiger partial charge in [-0.25, -0.2) is 4.98 Å². The molecule has 3 aromatic rings. The van der Waals surface area contributed by atoms with Crippen molar-refractivity contribution in [3.63, 3.8) is 0 Å². The summed E-state index contributed by atoms with van der Waals surface area (Å²) in [5, 5.41) is 4.76. The van der Waals surface area contributed by atoms with E-state index in [1.807, 2.05) is 13.0 Å². The molecule has 1 aromatic carbocycles. The van der Waals surface area contributed by atoms with E-state index < -0.39 is 0 Å².